The van der Waals surface area contributed by atoms with Crippen LogP contribution >= 0.6 is 0 Å². The number of carbonyl (C=O) groups excluding carboxylic acids is 1. The van der Waals surface area contributed by atoms with Gasteiger partial charge in [0.2, 0.25) is 0 Å². The van der Waals surface area contributed by atoms with Crippen LogP contribution in [0.3, 0.4) is 0 Å². The Morgan fingerprint density at radius 2 is 1.50 bits per heavy atom. The molecular formula is C19H23NO2. The van der Waals surface area contributed by atoms with E-state index in [1.165, 1.54) is 5.56 Å². The Bertz CT molecular complexity index is 627. The van der Waals surface area contributed by atoms with Gasteiger partial charge >= 0.3 is 0 Å². The number of amides is 1. The predicted molar refractivity (Wildman–Crippen MR) is 89.9 cm³/mol. The summed E-state index contributed by atoms with van der Waals surface area (Å²) in [5, 5.41) is 13.2. The number of aryl methyl sites for hydroxylation is 3. The lowest BCUT2D eigenvalue weighted by molar-refractivity contribution is -0.132. The largest absolute Gasteiger partial charge is 0.380 e. The summed E-state index contributed by atoms with van der Waals surface area (Å²) in [5.41, 5.74) is 2.76. The Hall–Kier alpha value is -2.13. The van der Waals surface area contributed by atoms with Crippen LogP contribution in [0.15, 0.2) is 48.5 Å². The monoisotopic (exact) mass is 297 g/mol. The molecular weight excluding hydrogens is 274 g/mol. The number of nitrogens with one attached hydrogen (secondary N) is 1. The van der Waals surface area contributed by atoms with E-state index in [0.717, 1.165) is 11.1 Å². The Morgan fingerprint density at radius 3 is 2.05 bits per heavy atom. The lowest BCUT2D eigenvalue weighted by Gasteiger charge is -2.22. The number of carbonyl (C=O) groups is 1. The molecule has 0 saturated carbocycles. The second-order valence-corrected chi connectivity index (χ2v) is 6.08. The molecule has 0 bridgehead atoms. The first-order valence-electron chi connectivity index (χ1n) is 7.53. The van der Waals surface area contributed by atoms with Crippen LogP contribution < -0.4 is 5.32 Å². The Labute approximate surface area is 132 Å². The third-order valence-corrected chi connectivity index (χ3v) is 3.82. The van der Waals surface area contributed by atoms with Crippen molar-refractivity contribution in [3.8, 4) is 0 Å². The molecule has 0 aromatic heterocycles. The third-order valence-electron chi connectivity index (χ3n) is 3.82. The van der Waals surface area contributed by atoms with Gasteiger partial charge in [-0.1, -0.05) is 47.5 Å². The van der Waals surface area contributed by atoms with Gasteiger partial charge in [0.05, 0.1) is 0 Å². The quantitative estimate of drug-likeness (QED) is 0.885. The molecule has 0 heterocycles. The van der Waals surface area contributed by atoms with E-state index in [4.69, 9.17) is 0 Å². The van der Waals surface area contributed by atoms with Crippen molar-refractivity contribution in [1.82, 2.24) is 0 Å². The first kappa shape index (κ1) is 16.2. The van der Waals surface area contributed by atoms with Gasteiger partial charge in [-0.05, 0) is 51.3 Å². The molecule has 0 fully saturated rings. The number of aliphatic hydroxyl groups is 1. The van der Waals surface area contributed by atoms with E-state index in [-0.39, 0.29) is 5.91 Å². The summed E-state index contributed by atoms with van der Waals surface area (Å²) in [5.74, 6) is -0.372. The van der Waals surface area contributed by atoms with Crippen molar-refractivity contribution in [1.29, 1.82) is 0 Å². The summed E-state index contributed by atoms with van der Waals surface area (Å²) < 4.78 is 0. The van der Waals surface area contributed by atoms with Crippen LogP contribution in [0.5, 0.6) is 0 Å². The van der Waals surface area contributed by atoms with Crippen molar-refractivity contribution < 1.29 is 9.90 Å². The SMILES string of the molecule is Cc1ccc(CC[C@](C)(O)C(=O)Nc2ccc(C)cc2)cc1. The lowest BCUT2D eigenvalue weighted by Crippen LogP contribution is -2.40. The van der Waals surface area contributed by atoms with Gasteiger partial charge in [0, 0.05) is 5.69 Å². The van der Waals surface area contributed by atoms with Crippen LogP contribution in [0, 0.1) is 13.8 Å². The van der Waals surface area contributed by atoms with Crippen molar-refractivity contribution in [3.63, 3.8) is 0 Å². The second-order valence-electron chi connectivity index (χ2n) is 6.08. The van der Waals surface area contributed by atoms with Crippen molar-refractivity contribution in [2.45, 2.75) is 39.2 Å². The third kappa shape index (κ3) is 4.43. The zero-order valence-electron chi connectivity index (χ0n) is 13.4. The van der Waals surface area contributed by atoms with Crippen LogP contribution in [0.1, 0.15) is 30.0 Å². The van der Waals surface area contributed by atoms with Gasteiger partial charge < -0.3 is 10.4 Å². The van der Waals surface area contributed by atoms with Gasteiger partial charge in [-0.3, -0.25) is 4.79 Å². The average molecular weight is 297 g/mol. The maximum absolute atomic E-state index is 12.2. The molecule has 0 aliphatic carbocycles. The van der Waals surface area contributed by atoms with E-state index >= 15 is 0 Å². The zero-order valence-corrected chi connectivity index (χ0v) is 13.4. The normalized spacial score (nSPS) is 13.5. The maximum Gasteiger partial charge on any atom is 0.256 e. The first-order chi connectivity index (χ1) is 10.4. The van der Waals surface area contributed by atoms with Crippen molar-refractivity contribution in [2.24, 2.45) is 0 Å². The van der Waals surface area contributed by atoms with E-state index < -0.39 is 5.60 Å². The molecule has 0 spiro atoms. The fraction of sp³-hybridized carbons (Fsp3) is 0.316. The molecule has 2 N–H and O–H groups in total. The van der Waals surface area contributed by atoms with Crippen LogP contribution in [0.25, 0.3) is 0 Å². The topological polar surface area (TPSA) is 49.3 Å². The molecule has 0 aliphatic rings. The van der Waals surface area contributed by atoms with Gasteiger partial charge in [-0.2, -0.15) is 0 Å². The number of hydrogen-bond donors (Lipinski definition) is 2. The summed E-state index contributed by atoms with van der Waals surface area (Å²) in [4.78, 5) is 12.2. The molecule has 22 heavy (non-hydrogen) atoms. The number of anilines is 1. The van der Waals surface area contributed by atoms with Crippen LogP contribution in [-0.2, 0) is 11.2 Å². The molecule has 116 valence electrons. The highest BCUT2D eigenvalue weighted by molar-refractivity contribution is 5.96. The number of hydrogen-bond acceptors (Lipinski definition) is 2. The molecule has 1 atom stereocenters. The summed E-state index contributed by atoms with van der Waals surface area (Å²) >= 11 is 0. The number of rotatable bonds is 5. The fourth-order valence-corrected chi connectivity index (χ4v) is 2.16. The Balaban J connectivity index is 1.95. The van der Waals surface area contributed by atoms with E-state index in [9.17, 15) is 9.90 Å². The zero-order chi connectivity index (χ0) is 16.2. The molecule has 2 aromatic carbocycles. The molecule has 2 aromatic rings. The van der Waals surface area contributed by atoms with Crippen molar-refractivity contribution >= 4 is 11.6 Å². The highest BCUT2D eigenvalue weighted by Crippen LogP contribution is 2.18. The molecule has 0 radical (unpaired) electrons. The predicted octanol–water partition coefficient (Wildman–Crippen LogP) is 3.63. The van der Waals surface area contributed by atoms with Crippen molar-refractivity contribution in [3.05, 3.63) is 65.2 Å². The highest BCUT2D eigenvalue weighted by atomic mass is 16.3. The maximum atomic E-state index is 12.2. The molecule has 3 heteroatoms. The summed E-state index contributed by atoms with van der Waals surface area (Å²) in [7, 11) is 0. The summed E-state index contributed by atoms with van der Waals surface area (Å²) in [6.07, 6.45) is 1.04. The first-order valence-corrected chi connectivity index (χ1v) is 7.53. The minimum Gasteiger partial charge on any atom is -0.380 e. The minimum atomic E-state index is -1.39. The molecule has 0 saturated heterocycles. The molecule has 3 nitrogen and oxygen atoms in total. The molecule has 0 unspecified atom stereocenters. The Kier molecular flexibility index (Phi) is 4.99. The van der Waals surface area contributed by atoms with E-state index in [1.54, 1.807) is 6.92 Å². The van der Waals surface area contributed by atoms with E-state index in [1.807, 2.05) is 62.4 Å². The van der Waals surface area contributed by atoms with Gasteiger partial charge in [0.25, 0.3) is 5.91 Å². The van der Waals surface area contributed by atoms with E-state index in [0.29, 0.717) is 18.5 Å². The Morgan fingerprint density at radius 1 is 1.00 bits per heavy atom. The number of benzene rings is 2. The van der Waals surface area contributed by atoms with E-state index in [2.05, 4.69) is 5.32 Å². The van der Waals surface area contributed by atoms with Crippen LogP contribution in [0.4, 0.5) is 5.69 Å². The second kappa shape index (κ2) is 6.75. The smallest absolute Gasteiger partial charge is 0.256 e. The van der Waals surface area contributed by atoms with Gasteiger partial charge in [-0.25, -0.2) is 0 Å². The van der Waals surface area contributed by atoms with Crippen LogP contribution in [0.2, 0.25) is 0 Å². The van der Waals surface area contributed by atoms with Gasteiger partial charge in [0.15, 0.2) is 0 Å². The fourth-order valence-electron chi connectivity index (χ4n) is 2.16. The molecule has 0 aliphatic heterocycles. The van der Waals surface area contributed by atoms with Crippen LogP contribution in [-0.4, -0.2) is 16.6 Å². The standard InChI is InChI=1S/C19H23NO2/c1-14-4-8-16(9-5-14)12-13-19(3,22)18(21)20-17-10-6-15(2)7-11-17/h4-11,22H,12-13H2,1-3H3,(H,20,21)/t19-/m0/s1. The lowest BCUT2D eigenvalue weighted by atomic mass is 9.95. The highest BCUT2D eigenvalue weighted by Gasteiger charge is 2.29. The summed E-state index contributed by atoms with van der Waals surface area (Å²) in [6.45, 7) is 5.59. The molecule has 2 rings (SSSR count). The van der Waals surface area contributed by atoms with Gasteiger partial charge in [-0.15, -0.1) is 0 Å². The van der Waals surface area contributed by atoms with Crippen molar-refractivity contribution in [2.75, 3.05) is 5.32 Å². The summed E-state index contributed by atoms with van der Waals surface area (Å²) in [6, 6.07) is 15.7. The minimum absolute atomic E-state index is 0.372. The van der Waals surface area contributed by atoms with Gasteiger partial charge in [0.1, 0.15) is 5.60 Å². The average Bonchev–Trinajstić information content (AvgIpc) is 2.49. The molecule has 1 amide bonds.